The largest absolute Gasteiger partial charge is 0.396 e. The maximum absolute atomic E-state index is 12.2. The lowest BCUT2D eigenvalue weighted by molar-refractivity contribution is 0.281. The first-order valence-electron chi connectivity index (χ1n) is 5.67. The molecule has 0 saturated carbocycles. The van der Waals surface area contributed by atoms with E-state index in [1.54, 1.807) is 0 Å². The molecule has 18 heavy (non-hydrogen) atoms. The molecule has 1 heterocycles. The van der Waals surface area contributed by atoms with Gasteiger partial charge in [0.25, 0.3) is 0 Å². The molecule has 1 rings (SSSR count). The zero-order valence-electron chi connectivity index (χ0n) is 10.2. The van der Waals surface area contributed by atoms with E-state index in [0.29, 0.717) is 19.4 Å². The molecule has 1 aromatic heterocycles. The molecule has 0 spiro atoms. The lowest BCUT2D eigenvalue weighted by Crippen LogP contribution is -2.28. The second-order valence-electron chi connectivity index (χ2n) is 3.92. The second kappa shape index (κ2) is 7.04. The van der Waals surface area contributed by atoms with E-state index in [0.717, 1.165) is 6.42 Å². The van der Waals surface area contributed by atoms with Crippen molar-refractivity contribution >= 4 is 21.6 Å². The Morgan fingerprint density at radius 2 is 2.11 bits per heavy atom. The Morgan fingerprint density at radius 3 is 2.72 bits per heavy atom. The van der Waals surface area contributed by atoms with Gasteiger partial charge in [0.2, 0.25) is 10.0 Å². The number of pyridine rings is 1. The van der Waals surface area contributed by atoms with E-state index >= 15 is 0 Å². The highest BCUT2D eigenvalue weighted by Gasteiger charge is 2.23. The highest BCUT2D eigenvalue weighted by atomic mass is 35.5. The van der Waals surface area contributed by atoms with Crippen molar-refractivity contribution in [1.82, 2.24) is 9.29 Å². The quantitative estimate of drug-likeness (QED) is 0.774. The molecule has 5 nitrogen and oxygen atoms in total. The lowest BCUT2D eigenvalue weighted by atomic mass is 10.2. The van der Waals surface area contributed by atoms with Crippen LogP contribution in [0.15, 0.2) is 23.4 Å². The van der Waals surface area contributed by atoms with Gasteiger partial charge in [0.05, 0.1) is 5.02 Å². The van der Waals surface area contributed by atoms with E-state index in [9.17, 15) is 8.42 Å². The van der Waals surface area contributed by atoms with Crippen molar-refractivity contribution in [1.29, 1.82) is 0 Å². The first kappa shape index (κ1) is 15.4. The minimum atomic E-state index is -3.58. The summed E-state index contributed by atoms with van der Waals surface area (Å²) in [7, 11) is -2.07. The zero-order chi connectivity index (χ0) is 13.6. The maximum Gasteiger partial charge on any atom is 0.245 e. The molecule has 0 bridgehead atoms. The van der Waals surface area contributed by atoms with Crippen LogP contribution in [0.5, 0.6) is 0 Å². The highest BCUT2D eigenvalue weighted by molar-refractivity contribution is 7.89. The summed E-state index contributed by atoms with van der Waals surface area (Å²) in [4.78, 5) is 3.80. The third kappa shape index (κ3) is 3.91. The second-order valence-corrected chi connectivity index (χ2v) is 6.34. The molecule has 0 atom stereocenters. The minimum Gasteiger partial charge on any atom is -0.396 e. The molecule has 0 saturated heterocycles. The van der Waals surface area contributed by atoms with Crippen LogP contribution in [0.3, 0.4) is 0 Å². The summed E-state index contributed by atoms with van der Waals surface area (Å²) < 4.78 is 25.6. The average molecular weight is 293 g/mol. The van der Waals surface area contributed by atoms with E-state index in [4.69, 9.17) is 16.7 Å². The molecule has 0 aromatic carbocycles. The van der Waals surface area contributed by atoms with Crippen LogP contribution in [0, 0.1) is 0 Å². The van der Waals surface area contributed by atoms with E-state index < -0.39 is 10.0 Å². The number of aromatic nitrogens is 1. The van der Waals surface area contributed by atoms with Crippen LogP contribution >= 0.6 is 11.6 Å². The third-order valence-electron chi connectivity index (χ3n) is 2.55. The van der Waals surface area contributed by atoms with Crippen molar-refractivity contribution in [3.8, 4) is 0 Å². The molecule has 0 unspecified atom stereocenters. The molecule has 0 aliphatic heterocycles. The van der Waals surface area contributed by atoms with Gasteiger partial charge in [0, 0.05) is 32.6 Å². The van der Waals surface area contributed by atoms with Gasteiger partial charge in [-0.15, -0.1) is 0 Å². The molecule has 0 amide bonds. The van der Waals surface area contributed by atoms with Gasteiger partial charge < -0.3 is 5.11 Å². The molecule has 1 N–H and O–H groups in total. The number of rotatable bonds is 7. The number of hydrogen-bond acceptors (Lipinski definition) is 4. The summed E-state index contributed by atoms with van der Waals surface area (Å²) in [5.74, 6) is 0. The maximum atomic E-state index is 12.2. The van der Waals surface area contributed by atoms with Crippen molar-refractivity contribution in [2.45, 2.75) is 24.2 Å². The Morgan fingerprint density at radius 1 is 1.39 bits per heavy atom. The smallest absolute Gasteiger partial charge is 0.245 e. The van der Waals surface area contributed by atoms with Crippen LogP contribution in [0.4, 0.5) is 0 Å². The molecule has 0 aliphatic rings. The van der Waals surface area contributed by atoms with E-state index in [-0.39, 0.29) is 16.5 Å². The predicted molar refractivity (Wildman–Crippen MR) is 70.0 cm³/mol. The number of hydrogen-bond donors (Lipinski definition) is 1. The number of unbranched alkanes of at least 4 members (excludes halogenated alkanes) is 2. The summed E-state index contributed by atoms with van der Waals surface area (Å²) in [6, 6.07) is 1.45. The molecule has 102 valence electrons. The Bertz CT molecular complexity index is 479. The lowest BCUT2D eigenvalue weighted by Gasteiger charge is -2.17. The monoisotopic (exact) mass is 292 g/mol. The predicted octanol–water partition coefficient (Wildman–Crippen LogP) is 1.52. The molecule has 0 radical (unpaired) electrons. The molecule has 0 fully saturated rings. The summed E-state index contributed by atoms with van der Waals surface area (Å²) in [5, 5.41) is 8.82. The Labute approximate surface area is 112 Å². The highest BCUT2D eigenvalue weighted by Crippen LogP contribution is 2.22. The zero-order valence-corrected chi connectivity index (χ0v) is 11.8. The summed E-state index contributed by atoms with van der Waals surface area (Å²) >= 11 is 5.86. The summed E-state index contributed by atoms with van der Waals surface area (Å²) in [6.07, 6.45) is 4.87. The van der Waals surface area contributed by atoms with Gasteiger partial charge in [-0.1, -0.05) is 11.6 Å². The number of aliphatic hydroxyl groups excluding tert-OH is 1. The Balaban J connectivity index is 2.72. The van der Waals surface area contributed by atoms with E-state index in [1.807, 2.05) is 0 Å². The topological polar surface area (TPSA) is 70.5 Å². The van der Waals surface area contributed by atoms with Gasteiger partial charge in [-0.3, -0.25) is 4.98 Å². The fourth-order valence-corrected chi connectivity index (χ4v) is 3.08. The van der Waals surface area contributed by atoms with Crippen molar-refractivity contribution in [2.75, 3.05) is 20.2 Å². The average Bonchev–Trinajstić information content (AvgIpc) is 2.34. The van der Waals surface area contributed by atoms with E-state index in [1.165, 1.54) is 29.8 Å². The van der Waals surface area contributed by atoms with Crippen molar-refractivity contribution in [2.24, 2.45) is 0 Å². The number of nitrogens with zero attached hydrogens (tertiary/aromatic N) is 2. The number of aliphatic hydroxyl groups is 1. The molecule has 7 heteroatoms. The fraction of sp³-hybridized carbons (Fsp3) is 0.545. The van der Waals surface area contributed by atoms with Gasteiger partial charge in [-0.25, -0.2) is 12.7 Å². The van der Waals surface area contributed by atoms with Crippen LogP contribution in [-0.4, -0.2) is 43.0 Å². The van der Waals surface area contributed by atoms with Crippen LogP contribution in [0.1, 0.15) is 19.3 Å². The van der Waals surface area contributed by atoms with Crippen molar-refractivity contribution in [3.63, 3.8) is 0 Å². The van der Waals surface area contributed by atoms with Crippen molar-refractivity contribution in [3.05, 3.63) is 23.5 Å². The van der Waals surface area contributed by atoms with E-state index in [2.05, 4.69) is 4.98 Å². The van der Waals surface area contributed by atoms with Crippen LogP contribution in [-0.2, 0) is 10.0 Å². The van der Waals surface area contributed by atoms with Gasteiger partial charge in [0.1, 0.15) is 4.90 Å². The SMILES string of the molecule is CN(CCCCCO)S(=O)(=O)c1cnccc1Cl. The van der Waals surface area contributed by atoms with Crippen molar-refractivity contribution < 1.29 is 13.5 Å². The molecular formula is C11H17ClN2O3S. The van der Waals surface area contributed by atoms with Crippen LogP contribution in [0.25, 0.3) is 0 Å². The van der Waals surface area contributed by atoms with Gasteiger partial charge in [-0.05, 0) is 25.3 Å². The van der Waals surface area contributed by atoms with Crippen LogP contribution in [0.2, 0.25) is 5.02 Å². The fourth-order valence-electron chi connectivity index (χ4n) is 1.46. The summed E-state index contributed by atoms with van der Waals surface area (Å²) in [5.41, 5.74) is 0. The Kier molecular flexibility index (Phi) is 6.01. The van der Waals surface area contributed by atoms with Crippen LogP contribution < -0.4 is 0 Å². The molecule has 0 aliphatic carbocycles. The Hall–Kier alpha value is -0.690. The first-order valence-corrected chi connectivity index (χ1v) is 7.48. The molecule has 1 aromatic rings. The number of halogens is 1. The van der Waals surface area contributed by atoms with Gasteiger partial charge in [-0.2, -0.15) is 0 Å². The molecular weight excluding hydrogens is 276 g/mol. The first-order chi connectivity index (χ1) is 8.50. The van der Waals surface area contributed by atoms with Gasteiger partial charge >= 0.3 is 0 Å². The van der Waals surface area contributed by atoms with Gasteiger partial charge in [0.15, 0.2) is 0 Å². The number of sulfonamides is 1. The summed E-state index contributed by atoms with van der Waals surface area (Å²) in [6.45, 7) is 0.526. The standard InChI is InChI=1S/C11H17ClN2O3S/c1-14(7-3-2-4-8-15)18(16,17)11-9-13-6-5-10(11)12/h5-6,9,15H,2-4,7-8H2,1H3. The minimum absolute atomic E-state index is 0.0244. The normalized spacial score (nSPS) is 12.0. The third-order valence-corrected chi connectivity index (χ3v) is 4.88.